The van der Waals surface area contributed by atoms with Crippen LogP contribution in [0.4, 0.5) is 4.39 Å². The standard InChI is InChI=1S/C21H29FO2/c1-5-19-15(3)16(4)20(19)12-14(2)13-24-21(23)11-8-17-6-9-18(22)10-7-17/h6-11,14-16,19-20H,5,12-13H2,1-4H3/b11-8+. The van der Waals surface area contributed by atoms with Crippen molar-refractivity contribution in [3.8, 4) is 0 Å². The molecule has 0 heterocycles. The van der Waals surface area contributed by atoms with E-state index in [0.717, 1.165) is 35.7 Å². The third-order valence-corrected chi connectivity index (χ3v) is 5.67. The van der Waals surface area contributed by atoms with Crippen LogP contribution in [0.2, 0.25) is 0 Å². The lowest BCUT2D eigenvalue weighted by Crippen LogP contribution is -2.44. The van der Waals surface area contributed by atoms with Crippen LogP contribution in [0.3, 0.4) is 0 Å². The van der Waals surface area contributed by atoms with Crippen LogP contribution in [0.15, 0.2) is 30.3 Å². The third-order valence-electron chi connectivity index (χ3n) is 5.67. The van der Waals surface area contributed by atoms with Crippen LogP contribution < -0.4 is 0 Å². The molecule has 5 atom stereocenters. The van der Waals surface area contributed by atoms with Crippen LogP contribution in [0.25, 0.3) is 6.08 Å². The summed E-state index contributed by atoms with van der Waals surface area (Å²) in [6, 6.07) is 6.01. The van der Waals surface area contributed by atoms with E-state index in [-0.39, 0.29) is 11.8 Å². The highest BCUT2D eigenvalue weighted by molar-refractivity contribution is 5.87. The molecule has 3 heteroatoms. The van der Waals surface area contributed by atoms with Gasteiger partial charge in [-0.2, -0.15) is 0 Å². The van der Waals surface area contributed by atoms with Gasteiger partial charge in [-0.25, -0.2) is 9.18 Å². The lowest BCUT2D eigenvalue weighted by Gasteiger charge is -2.50. The summed E-state index contributed by atoms with van der Waals surface area (Å²) in [5.74, 6) is 2.91. The molecule has 24 heavy (non-hydrogen) atoms. The fraction of sp³-hybridized carbons (Fsp3) is 0.571. The van der Waals surface area contributed by atoms with E-state index in [1.165, 1.54) is 24.6 Å². The number of carbonyl (C=O) groups excluding carboxylic acids is 1. The van der Waals surface area contributed by atoms with E-state index in [1.54, 1.807) is 18.2 Å². The van der Waals surface area contributed by atoms with Crippen LogP contribution in [-0.4, -0.2) is 12.6 Å². The first kappa shape index (κ1) is 18.7. The Balaban J connectivity index is 1.74. The van der Waals surface area contributed by atoms with E-state index >= 15 is 0 Å². The van der Waals surface area contributed by atoms with Crippen molar-refractivity contribution in [1.82, 2.24) is 0 Å². The first-order valence-electron chi connectivity index (χ1n) is 9.02. The number of benzene rings is 1. The molecule has 2 rings (SSSR count). The molecule has 2 nitrogen and oxygen atoms in total. The monoisotopic (exact) mass is 332 g/mol. The summed E-state index contributed by atoms with van der Waals surface area (Å²) in [6.07, 6.45) is 5.42. The van der Waals surface area contributed by atoms with E-state index < -0.39 is 0 Å². The Labute approximate surface area is 145 Å². The fourth-order valence-corrected chi connectivity index (χ4v) is 4.02. The predicted molar refractivity (Wildman–Crippen MR) is 95.8 cm³/mol. The van der Waals surface area contributed by atoms with Crippen LogP contribution in [0.5, 0.6) is 0 Å². The fourth-order valence-electron chi connectivity index (χ4n) is 4.02. The summed E-state index contributed by atoms with van der Waals surface area (Å²) in [5.41, 5.74) is 0.782. The number of hydrogen-bond donors (Lipinski definition) is 0. The molecule has 0 spiro atoms. The molecule has 0 bridgehead atoms. The number of ether oxygens (including phenoxy) is 1. The Bertz CT molecular complexity index is 564. The summed E-state index contributed by atoms with van der Waals surface area (Å²) in [6.45, 7) is 9.57. The Kier molecular flexibility index (Phi) is 6.59. The SMILES string of the molecule is CCC1C(C)C(C)C1CC(C)COC(=O)/C=C/c1ccc(F)cc1. The molecular formula is C21H29FO2. The van der Waals surface area contributed by atoms with Crippen molar-refractivity contribution < 1.29 is 13.9 Å². The number of hydrogen-bond acceptors (Lipinski definition) is 2. The molecule has 0 amide bonds. The van der Waals surface area contributed by atoms with Gasteiger partial charge in [0.25, 0.3) is 0 Å². The third kappa shape index (κ3) is 4.68. The Hall–Kier alpha value is -1.64. The van der Waals surface area contributed by atoms with Gasteiger partial charge in [0.15, 0.2) is 0 Å². The number of halogens is 1. The highest BCUT2D eigenvalue weighted by atomic mass is 19.1. The first-order chi connectivity index (χ1) is 11.4. The molecule has 1 saturated carbocycles. The minimum absolute atomic E-state index is 0.284. The van der Waals surface area contributed by atoms with Gasteiger partial charge in [-0.1, -0.05) is 46.2 Å². The maximum atomic E-state index is 12.8. The van der Waals surface area contributed by atoms with Gasteiger partial charge < -0.3 is 4.74 Å². The summed E-state index contributed by atoms with van der Waals surface area (Å²) < 4.78 is 18.2. The zero-order valence-corrected chi connectivity index (χ0v) is 15.2. The lowest BCUT2D eigenvalue weighted by molar-refractivity contribution is -0.139. The molecule has 1 fully saturated rings. The minimum atomic E-state index is -0.340. The van der Waals surface area contributed by atoms with Crippen LogP contribution in [0, 0.1) is 35.4 Å². The minimum Gasteiger partial charge on any atom is -0.462 e. The molecule has 0 aliphatic heterocycles. The number of carbonyl (C=O) groups is 1. The van der Waals surface area contributed by atoms with Gasteiger partial charge >= 0.3 is 5.97 Å². The normalized spacial score (nSPS) is 27.7. The van der Waals surface area contributed by atoms with Gasteiger partial charge in [0, 0.05) is 6.08 Å². The van der Waals surface area contributed by atoms with Crippen molar-refractivity contribution in [2.45, 2.75) is 40.5 Å². The van der Waals surface area contributed by atoms with Crippen LogP contribution >= 0.6 is 0 Å². The Morgan fingerprint density at radius 1 is 1.21 bits per heavy atom. The van der Waals surface area contributed by atoms with Gasteiger partial charge in [-0.15, -0.1) is 0 Å². The average molecular weight is 332 g/mol. The Morgan fingerprint density at radius 2 is 1.83 bits per heavy atom. The van der Waals surface area contributed by atoms with Gasteiger partial charge in [-0.05, 0) is 59.8 Å². The van der Waals surface area contributed by atoms with E-state index in [0.29, 0.717) is 12.5 Å². The second-order valence-corrected chi connectivity index (χ2v) is 7.31. The van der Waals surface area contributed by atoms with Gasteiger partial charge in [0.05, 0.1) is 6.61 Å². The maximum absolute atomic E-state index is 12.8. The molecule has 0 radical (unpaired) electrons. The lowest BCUT2D eigenvalue weighted by atomic mass is 9.55. The maximum Gasteiger partial charge on any atom is 0.330 e. The molecule has 5 unspecified atom stereocenters. The number of esters is 1. The largest absolute Gasteiger partial charge is 0.462 e. The van der Waals surface area contributed by atoms with E-state index in [2.05, 4.69) is 27.7 Å². The predicted octanol–water partition coefficient (Wildman–Crippen LogP) is 5.34. The average Bonchev–Trinajstić information content (AvgIpc) is 2.58. The summed E-state index contributed by atoms with van der Waals surface area (Å²) in [4.78, 5) is 11.8. The van der Waals surface area contributed by atoms with E-state index in [9.17, 15) is 9.18 Å². The van der Waals surface area contributed by atoms with Gasteiger partial charge in [0.2, 0.25) is 0 Å². The Morgan fingerprint density at radius 3 is 2.46 bits per heavy atom. The van der Waals surface area contributed by atoms with Gasteiger partial charge in [-0.3, -0.25) is 0 Å². The van der Waals surface area contributed by atoms with Crippen molar-refractivity contribution in [1.29, 1.82) is 0 Å². The van der Waals surface area contributed by atoms with Gasteiger partial charge in [0.1, 0.15) is 5.82 Å². The topological polar surface area (TPSA) is 26.3 Å². The molecule has 0 N–H and O–H groups in total. The molecule has 1 aromatic carbocycles. The van der Waals surface area contributed by atoms with Crippen molar-refractivity contribution in [2.24, 2.45) is 29.6 Å². The van der Waals surface area contributed by atoms with Crippen molar-refractivity contribution >= 4 is 12.0 Å². The molecular weight excluding hydrogens is 303 g/mol. The molecule has 0 aromatic heterocycles. The smallest absolute Gasteiger partial charge is 0.330 e. The van der Waals surface area contributed by atoms with E-state index in [1.807, 2.05) is 0 Å². The zero-order valence-electron chi connectivity index (χ0n) is 15.2. The van der Waals surface area contributed by atoms with Crippen molar-refractivity contribution in [3.63, 3.8) is 0 Å². The second kappa shape index (κ2) is 8.46. The molecule has 0 saturated heterocycles. The highest BCUT2D eigenvalue weighted by Crippen LogP contribution is 2.50. The molecule has 1 aliphatic rings. The molecule has 132 valence electrons. The zero-order chi connectivity index (χ0) is 17.7. The highest BCUT2D eigenvalue weighted by Gasteiger charge is 2.43. The van der Waals surface area contributed by atoms with E-state index in [4.69, 9.17) is 4.74 Å². The van der Waals surface area contributed by atoms with Crippen LogP contribution in [-0.2, 0) is 9.53 Å². The second-order valence-electron chi connectivity index (χ2n) is 7.31. The summed E-state index contributed by atoms with van der Waals surface area (Å²) in [5, 5.41) is 0. The molecule has 1 aliphatic carbocycles. The number of rotatable bonds is 7. The summed E-state index contributed by atoms with van der Waals surface area (Å²) in [7, 11) is 0. The van der Waals surface area contributed by atoms with Crippen LogP contribution in [0.1, 0.15) is 46.1 Å². The quantitative estimate of drug-likeness (QED) is 0.498. The summed E-state index contributed by atoms with van der Waals surface area (Å²) >= 11 is 0. The first-order valence-corrected chi connectivity index (χ1v) is 9.02. The molecule has 1 aromatic rings. The van der Waals surface area contributed by atoms with Crippen molar-refractivity contribution in [2.75, 3.05) is 6.61 Å². The van der Waals surface area contributed by atoms with Crippen molar-refractivity contribution in [3.05, 3.63) is 41.7 Å².